The summed E-state index contributed by atoms with van der Waals surface area (Å²) >= 11 is 0. The van der Waals surface area contributed by atoms with E-state index in [1.165, 1.54) is 7.11 Å². The summed E-state index contributed by atoms with van der Waals surface area (Å²) in [7, 11) is 1.32. The zero-order valence-electron chi connectivity index (χ0n) is 12.9. The van der Waals surface area contributed by atoms with Crippen molar-refractivity contribution in [2.75, 3.05) is 7.11 Å². The molecule has 0 bridgehead atoms. The number of pyridine rings is 1. The van der Waals surface area contributed by atoms with Crippen molar-refractivity contribution in [1.29, 1.82) is 0 Å². The quantitative estimate of drug-likeness (QED) is 0.550. The molecule has 0 saturated heterocycles. The number of para-hydroxylation sites is 2. The summed E-state index contributed by atoms with van der Waals surface area (Å²) in [5.41, 5.74) is 2.98. The molecule has 4 aromatic rings. The average Bonchev–Trinajstić information content (AvgIpc) is 2.99. The van der Waals surface area contributed by atoms with Crippen molar-refractivity contribution in [3.63, 3.8) is 0 Å². The fourth-order valence-electron chi connectivity index (χ4n) is 2.92. The molecule has 2 N–H and O–H groups in total. The molecule has 5 heteroatoms. The van der Waals surface area contributed by atoms with Gasteiger partial charge in [0.25, 0.3) is 0 Å². The van der Waals surface area contributed by atoms with Gasteiger partial charge in [0.2, 0.25) is 0 Å². The summed E-state index contributed by atoms with van der Waals surface area (Å²) in [6.45, 7) is 0. The number of phenolic OH excluding ortho intramolecular Hbond substituents is 1. The van der Waals surface area contributed by atoms with Gasteiger partial charge in [-0.15, -0.1) is 0 Å². The molecule has 118 valence electrons. The molecule has 4 rings (SSSR count). The number of hydrogen-bond acceptors (Lipinski definition) is 4. The molecule has 0 spiro atoms. The van der Waals surface area contributed by atoms with Gasteiger partial charge in [-0.2, -0.15) is 0 Å². The summed E-state index contributed by atoms with van der Waals surface area (Å²) < 4.78 is 4.82. The molecule has 0 aliphatic rings. The predicted molar refractivity (Wildman–Crippen MR) is 92.0 cm³/mol. The van der Waals surface area contributed by atoms with E-state index in [2.05, 4.69) is 9.97 Å². The smallest absolute Gasteiger partial charge is 0.356 e. The Bertz CT molecular complexity index is 1080. The predicted octanol–water partition coefficient (Wildman–Crippen LogP) is 3.88. The number of aromatic hydroxyl groups is 1. The van der Waals surface area contributed by atoms with Crippen LogP contribution in [0.5, 0.6) is 5.75 Å². The molecule has 2 aromatic heterocycles. The number of aromatic nitrogens is 2. The van der Waals surface area contributed by atoms with Crippen molar-refractivity contribution >= 4 is 27.8 Å². The van der Waals surface area contributed by atoms with E-state index in [0.29, 0.717) is 11.3 Å². The average molecular weight is 318 g/mol. The highest BCUT2D eigenvalue weighted by Gasteiger charge is 2.18. The number of nitrogens with one attached hydrogen (secondary N) is 1. The first-order valence-corrected chi connectivity index (χ1v) is 7.47. The number of aromatic amines is 1. The number of rotatable bonds is 2. The minimum Gasteiger partial charge on any atom is -0.507 e. The number of fused-ring (bicyclic) bond motifs is 3. The van der Waals surface area contributed by atoms with Crippen LogP contribution in [0.15, 0.2) is 54.6 Å². The van der Waals surface area contributed by atoms with Crippen molar-refractivity contribution in [3.8, 4) is 17.0 Å². The molecular weight excluding hydrogens is 304 g/mol. The minimum absolute atomic E-state index is 0.104. The molecule has 0 aliphatic heterocycles. The normalized spacial score (nSPS) is 11.0. The molecule has 2 heterocycles. The SMILES string of the molecule is COC(=O)c1cc2c([nH]c3ccccc32)c(-c2ccccc2O)n1. The largest absolute Gasteiger partial charge is 0.507 e. The van der Waals surface area contributed by atoms with Gasteiger partial charge in [-0.3, -0.25) is 0 Å². The summed E-state index contributed by atoms with van der Waals surface area (Å²) in [6.07, 6.45) is 0. The van der Waals surface area contributed by atoms with Crippen LogP contribution in [0.25, 0.3) is 33.1 Å². The van der Waals surface area contributed by atoms with Crippen LogP contribution in [0.3, 0.4) is 0 Å². The third-order valence-electron chi connectivity index (χ3n) is 4.05. The Balaban J connectivity index is 2.14. The second kappa shape index (κ2) is 5.38. The first-order chi connectivity index (χ1) is 11.7. The van der Waals surface area contributed by atoms with Gasteiger partial charge in [0.05, 0.1) is 18.3 Å². The van der Waals surface area contributed by atoms with Crippen LogP contribution < -0.4 is 0 Å². The van der Waals surface area contributed by atoms with Crippen LogP contribution in [0.1, 0.15) is 10.5 Å². The lowest BCUT2D eigenvalue weighted by molar-refractivity contribution is 0.0594. The van der Waals surface area contributed by atoms with Gasteiger partial charge in [-0.05, 0) is 24.3 Å². The van der Waals surface area contributed by atoms with Gasteiger partial charge < -0.3 is 14.8 Å². The maximum absolute atomic E-state index is 12.0. The van der Waals surface area contributed by atoms with Gasteiger partial charge in [-0.25, -0.2) is 9.78 Å². The summed E-state index contributed by atoms with van der Waals surface area (Å²) in [6, 6.07) is 16.4. The van der Waals surface area contributed by atoms with Crippen LogP contribution in [-0.2, 0) is 4.74 Å². The molecule has 0 unspecified atom stereocenters. The van der Waals surface area contributed by atoms with E-state index in [1.807, 2.05) is 30.3 Å². The third kappa shape index (κ3) is 2.10. The van der Waals surface area contributed by atoms with Crippen LogP contribution >= 0.6 is 0 Å². The topological polar surface area (TPSA) is 75.2 Å². The number of methoxy groups -OCH3 is 1. The van der Waals surface area contributed by atoms with E-state index in [4.69, 9.17) is 4.74 Å². The van der Waals surface area contributed by atoms with E-state index in [-0.39, 0.29) is 11.4 Å². The first kappa shape index (κ1) is 14.3. The van der Waals surface area contributed by atoms with Gasteiger partial charge in [0.15, 0.2) is 0 Å². The number of carbonyl (C=O) groups is 1. The molecule has 0 aliphatic carbocycles. The highest BCUT2D eigenvalue weighted by molar-refractivity contribution is 6.13. The van der Waals surface area contributed by atoms with Crippen molar-refractivity contribution in [2.24, 2.45) is 0 Å². The number of phenols is 1. The van der Waals surface area contributed by atoms with Crippen molar-refractivity contribution < 1.29 is 14.6 Å². The lowest BCUT2D eigenvalue weighted by Gasteiger charge is -2.08. The van der Waals surface area contributed by atoms with Crippen LogP contribution in [-0.4, -0.2) is 28.2 Å². The lowest BCUT2D eigenvalue weighted by Crippen LogP contribution is -2.05. The Morgan fingerprint density at radius 1 is 1.08 bits per heavy atom. The number of ether oxygens (including phenoxy) is 1. The first-order valence-electron chi connectivity index (χ1n) is 7.47. The molecule has 0 amide bonds. The Morgan fingerprint density at radius 2 is 1.83 bits per heavy atom. The van der Waals surface area contributed by atoms with Gasteiger partial charge in [0, 0.05) is 21.9 Å². The number of H-pyrrole nitrogens is 1. The standard InChI is InChI=1S/C19H14N2O3/c1-24-19(23)15-10-13-11-6-2-4-8-14(11)20-18(13)17(21-15)12-7-3-5-9-16(12)22/h2-10,20,22H,1H3. The maximum atomic E-state index is 12.0. The Morgan fingerprint density at radius 3 is 2.62 bits per heavy atom. The van der Waals surface area contributed by atoms with Gasteiger partial charge in [0.1, 0.15) is 11.4 Å². The van der Waals surface area contributed by atoms with Gasteiger partial charge >= 0.3 is 5.97 Å². The van der Waals surface area contributed by atoms with Crippen LogP contribution in [0.4, 0.5) is 0 Å². The summed E-state index contributed by atoms with van der Waals surface area (Å²) in [5.74, 6) is -0.411. The van der Waals surface area contributed by atoms with E-state index in [9.17, 15) is 9.90 Å². The zero-order valence-corrected chi connectivity index (χ0v) is 12.9. The number of nitrogens with zero attached hydrogens (tertiary/aromatic N) is 1. The number of carbonyl (C=O) groups excluding carboxylic acids is 1. The molecule has 0 fully saturated rings. The summed E-state index contributed by atoms with van der Waals surface area (Å²) in [5, 5.41) is 12.1. The number of hydrogen-bond donors (Lipinski definition) is 2. The second-order valence-corrected chi connectivity index (χ2v) is 5.46. The lowest BCUT2D eigenvalue weighted by atomic mass is 10.1. The third-order valence-corrected chi connectivity index (χ3v) is 4.05. The molecule has 5 nitrogen and oxygen atoms in total. The van der Waals surface area contributed by atoms with Crippen LogP contribution in [0, 0.1) is 0 Å². The zero-order chi connectivity index (χ0) is 16.7. The highest BCUT2D eigenvalue weighted by Crippen LogP contribution is 2.36. The summed E-state index contributed by atoms with van der Waals surface area (Å²) in [4.78, 5) is 19.8. The van der Waals surface area contributed by atoms with E-state index in [1.54, 1.807) is 24.3 Å². The molecule has 0 atom stereocenters. The maximum Gasteiger partial charge on any atom is 0.356 e. The Labute approximate surface area is 137 Å². The molecule has 0 radical (unpaired) electrons. The van der Waals surface area contributed by atoms with E-state index in [0.717, 1.165) is 21.8 Å². The minimum atomic E-state index is -0.515. The fraction of sp³-hybridized carbons (Fsp3) is 0.0526. The van der Waals surface area contributed by atoms with Crippen LogP contribution in [0.2, 0.25) is 0 Å². The molecule has 2 aromatic carbocycles. The van der Waals surface area contributed by atoms with E-state index < -0.39 is 5.97 Å². The molecule has 24 heavy (non-hydrogen) atoms. The van der Waals surface area contributed by atoms with Crippen molar-refractivity contribution in [3.05, 3.63) is 60.3 Å². The monoisotopic (exact) mass is 318 g/mol. The number of esters is 1. The van der Waals surface area contributed by atoms with Crippen molar-refractivity contribution in [1.82, 2.24) is 9.97 Å². The Kier molecular flexibility index (Phi) is 3.20. The number of benzene rings is 2. The van der Waals surface area contributed by atoms with Gasteiger partial charge in [-0.1, -0.05) is 30.3 Å². The highest BCUT2D eigenvalue weighted by atomic mass is 16.5. The molecule has 0 saturated carbocycles. The molecular formula is C19H14N2O3. The van der Waals surface area contributed by atoms with Crippen molar-refractivity contribution in [2.45, 2.75) is 0 Å². The van der Waals surface area contributed by atoms with E-state index >= 15 is 0 Å². The fourth-order valence-corrected chi connectivity index (χ4v) is 2.92. The Hall–Kier alpha value is -3.34. The second-order valence-electron chi connectivity index (χ2n) is 5.46.